The lowest BCUT2D eigenvalue weighted by atomic mass is 10.2. The average molecular weight is 506 g/mol. The van der Waals surface area contributed by atoms with E-state index in [4.69, 9.17) is 23.7 Å². The van der Waals surface area contributed by atoms with Gasteiger partial charge in [0.25, 0.3) is 0 Å². The lowest BCUT2D eigenvalue weighted by Crippen LogP contribution is -2.36. The summed E-state index contributed by atoms with van der Waals surface area (Å²) in [7, 11) is 1.67. The Labute approximate surface area is 218 Å². The van der Waals surface area contributed by atoms with Gasteiger partial charge in [-0.1, -0.05) is 30.3 Å². The Balaban J connectivity index is 1.55. The summed E-state index contributed by atoms with van der Waals surface area (Å²) in [6.45, 7) is 6.62. The SMILES string of the molecule is COCCN(Cc1c(C)nn(-c2ccccc2)c1Oc1cccc(C)c1)CC(O)COCc1ccco1. The van der Waals surface area contributed by atoms with E-state index < -0.39 is 6.10 Å². The first-order valence-corrected chi connectivity index (χ1v) is 12.4. The van der Waals surface area contributed by atoms with Gasteiger partial charge in [-0.15, -0.1) is 0 Å². The van der Waals surface area contributed by atoms with E-state index in [9.17, 15) is 5.11 Å². The predicted octanol–water partition coefficient (Wildman–Crippen LogP) is 4.90. The van der Waals surface area contributed by atoms with Gasteiger partial charge in [-0.2, -0.15) is 5.10 Å². The number of aliphatic hydroxyl groups excluding tert-OH is 1. The Morgan fingerprint density at radius 3 is 2.62 bits per heavy atom. The lowest BCUT2D eigenvalue weighted by molar-refractivity contribution is 0.000367. The Morgan fingerprint density at radius 2 is 1.89 bits per heavy atom. The second kappa shape index (κ2) is 13.2. The summed E-state index contributed by atoms with van der Waals surface area (Å²) in [5.74, 6) is 2.12. The molecule has 0 radical (unpaired) electrons. The van der Waals surface area contributed by atoms with Crippen molar-refractivity contribution in [2.75, 3.05) is 33.4 Å². The van der Waals surface area contributed by atoms with Crippen molar-refractivity contribution in [2.24, 2.45) is 0 Å². The van der Waals surface area contributed by atoms with E-state index in [1.54, 1.807) is 13.4 Å². The van der Waals surface area contributed by atoms with Gasteiger partial charge < -0.3 is 23.7 Å². The Hall–Kier alpha value is -3.43. The highest BCUT2D eigenvalue weighted by atomic mass is 16.5. The second-order valence-electron chi connectivity index (χ2n) is 9.01. The summed E-state index contributed by atoms with van der Waals surface area (Å²) >= 11 is 0. The zero-order valence-electron chi connectivity index (χ0n) is 21.7. The minimum absolute atomic E-state index is 0.194. The second-order valence-corrected chi connectivity index (χ2v) is 9.01. The molecule has 0 saturated heterocycles. The number of aliphatic hydroxyl groups is 1. The van der Waals surface area contributed by atoms with Crippen molar-refractivity contribution < 1.29 is 23.7 Å². The zero-order valence-corrected chi connectivity index (χ0v) is 21.7. The van der Waals surface area contributed by atoms with Crippen LogP contribution in [0.15, 0.2) is 77.4 Å². The van der Waals surface area contributed by atoms with Crippen molar-refractivity contribution in [3.05, 3.63) is 95.6 Å². The molecule has 37 heavy (non-hydrogen) atoms. The molecule has 0 spiro atoms. The molecule has 0 aliphatic carbocycles. The topological polar surface area (TPSA) is 82.1 Å². The number of ether oxygens (including phenoxy) is 3. The van der Waals surface area contributed by atoms with Crippen LogP contribution in [0.2, 0.25) is 0 Å². The number of hydrogen-bond acceptors (Lipinski definition) is 7. The van der Waals surface area contributed by atoms with E-state index in [0.29, 0.717) is 38.7 Å². The monoisotopic (exact) mass is 505 g/mol. The number of rotatable bonds is 14. The Kier molecular flexibility index (Phi) is 9.51. The first-order chi connectivity index (χ1) is 18.0. The van der Waals surface area contributed by atoms with Crippen LogP contribution >= 0.6 is 0 Å². The molecule has 1 unspecified atom stereocenters. The van der Waals surface area contributed by atoms with Crippen LogP contribution in [-0.4, -0.2) is 59.3 Å². The number of aromatic nitrogens is 2. The van der Waals surface area contributed by atoms with Gasteiger partial charge in [-0.3, -0.25) is 4.90 Å². The fraction of sp³-hybridized carbons (Fsp3) is 0.345. The van der Waals surface area contributed by atoms with E-state index in [1.807, 2.05) is 85.3 Å². The maximum Gasteiger partial charge on any atom is 0.227 e. The molecule has 8 heteroatoms. The maximum absolute atomic E-state index is 10.7. The summed E-state index contributed by atoms with van der Waals surface area (Å²) in [6.07, 6.45) is 0.924. The third kappa shape index (κ3) is 7.53. The number of aryl methyl sites for hydroxylation is 2. The van der Waals surface area contributed by atoms with Crippen LogP contribution in [0.3, 0.4) is 0 Å². The molecule has 1 atom stereocenters. The number of furan rings is 1. The lowest BCUT2D eigenvalue weighted by Gasteiger charge is -2.25. The van der Waals surface area contributed by atoms with Gasteiger partial charge in [-0.25, -0.2) is 4.68 Å². The number of benzene rings is 2. The van der Waals surface area contributed by atoms with E-state index >= 15 is 0 Å². The number of nitrogens with zero attached hydrogens (tertiary/aromatic N) is 3. The van der Waals surface area contributed by atoms with Crippen LogP contribution in [0, 0.1) is 13.8 Å². The first kappa shape index (κ1) is 26.6. The average Bonchev–Trinajstić information content (AvgIpc) is 3.52. The van der Waals surface area contributed by atoms with Crippen molar-refractivity contribution in [2.45, 2.75) is 33.1 Å². The van der Waals surface area contributed by atoms with Crippen LogP contribution in [0.5, 0.6) is 11.6 Å². The van der Waals surface area contributed by atoms with Crippen molar-refractivity contribution in [3.8, 4) is 17.3 Å². The van der Waals surface area contributed by atoms with Crippen LogP contribution in [0.25, 0.3) is 5.69 Å². The Morgan fingerprint density at radius 1 is 1.05 bits per heavy atom. The van der Waals surface area contributed by atoms with Crippen LogP contribution in [0.1, 0.15) is 22.6 Å². The molecule has 2 heterocycles. The van der Waals surface area contributed by atoms with Gasteiger partial charge in [0.2, 0.25) is 5.88 Å². The van der Waals surface area contributed by atoms with Crippen LogP contribution < -0.4 is 4.74 Å². The molecule has 4 rings (SSSR count). The number of methoxy groups -OCH3 is 1. The highest BCUT2D eigenvalue weighted by molar-refractivity contribution is 5.43. The van der Waals surface area contributed by atoms with Gasteiger partial charge in [0.1, 0.15) is 18.1 Å². The highest BCUT2D eigenvalue weighted by Crippen LogP contribution is 2.32. The fourth-order valence-electron chi connectivity index (χ4n) is 4.08. The quantitative estimate of drug-likeness (QED) is 0.261. The highest BCUT2D eigenvalue weighted by Gasteiger charge is 2.23. The molecule has 2 aromatic heterocycles. The molecule has 0 bridgehead atoms. The van der Waals surface area contributed by atoms with Gasteiger partial charge in [0, 0.05) is 26.7 Å². The summed E-state index contributed by atoms with van der Waals surface area (Å²) in [4.78, 5) is 2.13. The summed E-state index contributed by atoms with van der Waals surface area (Å²) in [5.41, 5.74) is 3.83. The molecule has 0 amide bonds. The third-order valence-corrected chi connectivity index (χ3v) is 5.94. The molecule has 1 N–H and O–H groups in total. The number of para-hydroxylation sites is 1. The number of hydrogen-bond donors (Lipinski definition) is 1. The molecule has 0 aliphatic rings. The molecule has 0 saturated carbocycles. The standard InChI is InChI=1S/C29H35N3O5/c1-22-9-7-12-26(17-22)37-29-28(23(2)30-32(29)24-10-5-4-6-11-24)19-31(14-16-34-3)18-25(33)20-35-21-27-13-8-15-36-27/h4-13,15,17,25,33H,14,16,18-21H2,1-3H3. The molecule has 8 nitrogen and oxygen atoms in total. The van der Waals surface area contributed by atoms with Gasteiger partial charge in [0.05, 0.1) is 42.5 Å². The van der Waals surface area contributed by atoms with Gasteiger partial charge in [-0.05, 0) is 55.8 Å². The molecule has 0 fully saturated rings. The van der Waals surface area contributed by atoms with E-state index in [-0.39, 0.29) is 6.61 Å². The van der Waals surface area contributed by atoms with Gasteiger partial charge >= 0.3 is 0 Å². The van der Waals surface area contributed by atoms with Gasteiger partial charge in [0.15, 0.2) is 0 Å². The van der Waals surface area contributed by atoms with Crippen molar-refractivity contribution in [1.29, 1.82) is 0 Å². The molecule has 2 aromatic carbocycles. The predicted molar refractivity (Wildman–Crippen MR) is 141 cm³/mol. The van der Waals surface area contributed by atoms with Crippen LogP contribution in [-0.2, 0) is 22.6 Å². The molecular formula is C29H35N3O5. The first-order valence-electron chi connectivity index (χ1n) is 12.4. The minimum Gasteiger partial charge on any atom is -0.467 e. The normalized spacial score (nSPS) is 12.2. The smallest absolute Gasteiger partial charge is 0.227 e. The summed E-state index contributed by atoms with van der Waals surface area (Å²) < 4.78 is 24.6. The minimum atomic E-state index is -0.683. The van der Waals surface area contributed by atoms with E-state index in [0.717, 1.165) is 34.0 Å². The zero-order chi connectivity index (χ0) is 26.0. The van der Waals surface area contributed by atoms with E-state index in [2.05, 4.69) is 4.90 Å². The van der Waals surface area contributed by atoms with Crippen LogP contribution in [0.4, 0.5) is 0 Å². The third-order valence-electron chi connectivity index (χ3n) is 5.94. The Bertz CT molecular complexity index is 1220. The van der Waals surface area contributed by atoms with E-state index in [1.165, 1.54) is 0 Å². The maximum atomic E-state index is 10.7. The largest absolute Gasteiger partial charge is 0.467 e. The molecular weight excluding hydrogens is 470 g/mol. The molecule has 0 aliphatic heterocycles. The van der Waals surface area contributed by atoms with Crippen molar-refractivity contribution in [1.82, 2.24) is 14.7 Å². The summed E-state index contributed by atoms with van der Waals surface area (Å²) in [6, 6.07) is 21.6. The fourth-order valence-corrected chi connectivity index (χ4v) is 4.08. The van der Waals surface area contributed by atoms with Crippen molar-refractivity contribution in [3.63, 3.8) is 0 Å². The van der Waals surface area contributed by atoms with Crippen molar-refractivity contribution >= 4 is 0 Å². The molecule has 196 valence electrons. The molecule has 4 aromatic rings. The summed E-state index contributed by atoms with van der Waals surface area (Å²) in [5, 5.41) is 15.5.